The molecule has 1 saturated carbocycles. The molecule has 1 aliphatic carbocycles. The number of nitrogens with zero attached hydrogens (tertiary/aromatic N) is 2. The van der Waals surface area contributed by atoms with Crippen molar-refractivity contribution < 1.29 is 0 Å². The average Bonchev–Trinajstić information content (AvgIpc) is 2.25. The van der Waals surface area contributed by atoms with Gasteiger partial charge in [-0.3, -0.25) is 4.79 Å². The van der Waals surface area contributed by atoms with Crippen LogP contribution in [0.3, 0.4) is 0 Å². The lowest BCUT2D eigenvalue weighted by Crippen LogP contribution is -2.35. The molecule has 1 aromatic heterocycles. The summed E-state index contributed by atoms with van der Waals surface area (Å²) in [5, 5.41) is 3.19. The fourth-order valence-electron chi connectivity index (χ4n) is 2.07. The second kappa shape index (κ2) is 4.28. The van der Waals surface area contributed by atoms with E-state index in [2.05, 4.69) is 17.2 Å². The highest BCUT2D eigenvalue weighted by Gasteiger charge is 2.31. The largest absolute Gasteiger partial charge is 0.365 e. The number of nitrogens with one attached hydrogen (secondary N) is 1. The Hall–Kier alpha value is -1.32. The van der Waals surface area contributed by atoms with Crippen LogP contribution in [-0.2, 0) is 6.54 Å². The van der Waals surface area contributed by atoms with Crippen molar-refractivity contribution in [3.05, 3.63) is 22.7 Å². The highest BCUT2D eigenvalue weighted by molar-refractivity contribution is 5.31. The minimum absolute atomic E-state index is 0.0204. The zero-order valence-corrected chi connectivity index (χ0v) is 9.99. The summed E-state index contributed by atoms with van der Waals surface area (Å²) in [6, 6.07) is 0. The van der Waals surface area contributed by atoms with Crippen molar-refractivity contribution in [3.8, 4) is 0 Å². The van der Waals surface area contributed by atoms with Crippen molar-refractivity contribution >= 4 is 5.82 Å². The van der Waals surface area contributed by atoms with Crippen LogP contribution in [0.25, 0.3) is 0 Å². The zero-order chi connectivity index (χ0) is 11.6. The summed E-state index contributed by atoms with van der Waals surface area (Å²) < 4.78 is 1.67. The van der Waals surface area contributed by atoms with E-state index in [1.165, 1.54) is 19.3 Å². The molecule has 0 aliphatic heterocycles. The van der Waals surface area contributed by atoms with Gasteiger partial charge in [-0.25, -0.2) is 4.98 Å². The van der Waals surface area contributed by atoms with Crippen LogP contribution in [0.5, 0.6) is 0 Å². The summed E-state index contributed by atoms with van der Waals surface area (Å²) in [6.45, 7) is 5.75. The second-order valence-corrected chi connectivity index (χ2v) is 4.88. The number of aryl methyl sites for hydroxylation is 1. The number of hydrogen-bond donors (Lipinski definition) is 1. The first-order valence-electron chi connectivity index (χ1n) is 5.94. The lowest BCUT2D eigenvalue weighted by atomic mass is 9.70. The summed E-state index contributed by atoms with van der Waals surface area (Å²) in [7, 11) is 0. The van der Waals surface area contributed by atoms with E-state index in [-0.39, 0.29) is 5.56 Å². The molecule has 2 rings (SSSR count). The molecule has 0 radical (unpaired) electrons. The molecule has 0 amide bonds. The highest BCUT2D eigenvalue weighted by Crippen LogP contribution is 2.39. The van der Waals surface area contributed by atoms with Gasteiger partial charge in [0, 0.05) is 25.5 Å². The molecule has 1 aliphatic rings. The Bertz CT molecular complexity index is 421. The molecule has 88 valence electrons. The number of anilines is 1. The van der Waals surface area contributed by atoms with Gasteiger partial charge in [-0.05, 0) is 25.2 Å². The molecule has 1 heterocycles. The second-order valence-electron chi connectivity index (χ2n) is 4.88. The minimum atomic E-state index is -0.0204. The van der Waals surface area contributed by atoms with Crippen molar-refractivity contribution in [2.24, 2.45) is 5.41 Å². The molecule has 1 fully saturated rings. The molecular formula is C12H19N3O. The monoisotopic (exact) mass is 221 g/mol. The Morgan fingerprint density at radius 1 is 1.56 bits per heavy atom. The molecule has 4 nitrogen and oxygen atoms in total. The molecule has 0 unspecified atom stereocenters. The van der Waals surface area contributed by atoms with Gasteiger partial charge in [-0.15, -0.1) is 0 Å². The van der Waals surface area contributed by atoms with E-state index in [4.69, 9.17) is 0 Å². The smallest absolute Gasteiger partial charge is 0.293 e. The summed E-state index contributed by atoms with van der Waals surface area (Å²) in [4.78, 5) is 16.0. The van der Waals surface area contributed by atoms with Crippen molar-refractivity contribution in [1.82, 2.24) is 9.55 Å². The van der Waals surface area contributed by atoms with Crippen LogP contribution in [0.1, 0.15) is 33.1 Å². The molecular weight excluding hydrogens is 202 g/mol. The van der Waals surface area contributed by atoms with Gasteiger partial charge in [-0.2, -0.15) is 0 Å². The van der Waals surface area contributed by atoms with Crippen molar-refractivity contribution in [3.63, 3.8) is 0 Å². The van der Waals surface area contributed by atoms with Gasteiger partial charge >= 0.3 is 0 Å². The quantitative estimate of drug-likeness (QED) is 0.844. The lowest BCUT2D eigenvalue weighted by molar-refractivity contribution is 0.179. The molecule has 0 saturated heterocycles. The fraction of sp³-hybridized carbons (Fsp3) is 0.667. The molecule has 0 aromatic carbocycles. The van der Waals surface area contributed by atoms with Gasteiger partial charge in [0.2, 0.25) is 0 Å². The maximum atomic E-state index is 11.9. The van der Waals surface area contributed by atoms with Crippen LogP contribution in [0.2, 0.25) is 0 Å². The third kappa shape index (κ3) is 2.10. The topological polar surface area (TPSA) is 46.9 Å². The summed E-state index contributed by atoms with van der Waals surface area (Å²) in [6.07, 6.45) is 7.19. The maximum absolute atomic E-state index is 11.9. The van der Waals surface area contributed by atoms with Crippen LogP contribution >= 0.6 is 0 Å². The van der Waals surface area contributed by atoms with E-state index in [1.54, 1.807) is 17.0 Å². The predicted octanol–water partition coefficient (Wildman–Crippen LogP) is 1.87. The van der Waals surface area contributed by atoms with E-state index < -0.39 is 0 Å². The van der Waals surface area contributed by atoms with Crippen LogP contribution in [0.15, 0.2) is 17.2 Å². The van der Waals surface area contributed by atoms with Crippen molar-refractivity contribution in [2.75, 3.05) is 11.9 Å². The average molecular weight is 221 g/mol. The van der Waals surface area contributed by atoms with Crippen LogP contribution in [-0.4, -0.2) is 16.1 Å². The molecule has 0 spiro atoms. The fourth-order valence-corrected chi connectivity index (χ4v) is 2.07. The standard InChI is InChI=1S/C12H19N3O/c1-3-15-8-7-13-10(11(15)16)14-9-12(2)5-4-6-12/h7-8H,3-6,9H2,1-2H3,(H,13,14). The van der Waals surface area contributed by atoms with Gasteiger partial charge < -0.3 is 9.88 Å². The van der Waals surface area contributed by atoms with Crippen LogP contribution in [0, 0.1) is 5.41 Å². The Labute approximate surface area is 95.7 Å². The molecule has 1 N–H and O–H groups in total. The van der Waals surface area contributed by atoms with E-state index in [0.29, 0.717) is 17.8 Å². The molecule has 4 heteroatoms. The van der Waals surface area contributed by atoms with E-state index >= 15 is 0 Å². The van der Waals surface area contributed by atoms with E-state index in [1.807, 2.05) is 6.92 Å². The Balaban J connectivity index is 2.07. The van der Waals surface area contributed by atoms with Crippen molar-refractivity contribution in [1.29, 1.82) is 0 Å². The van der Waals surface area contributed by atoms with Gasteiger partial charge in [0.15, 0.2) is 5.82 Å². The maximum Gasteiger partial charge on any atom is 0.293 e. The first kappa shape index (κ1) is 11.2. The number of hydrogen-bond acceptors (Lipinski definition) is 3. The third-order valence-electron chi connectivity index (χ3n) is 3.50. The van der Waals surface area contributed by atoms with Crippen LogP contribution in [0.4, 0.5) is 5.82 Å². The summed E-state index contributed by atoms with van der Waals surface area (Å²) >= 11 is 0. The highest BCUT2D eigenvalue weighted by atomic mass is 16.1. The zero-order valence-electron chi connectivity index (χ0n) is 9.99. The summed E-state index contributed by atoms with van der Waals surface area (Å²) in [5.74, 6) is 0.484. The molecule has 16 heavy (non-hydrogen) atoms. The number of rotatable bonds is 4. The number of aromatic nitrogens is 2. The van der Waals surface area contributed by atoms with Gasteiger partial charge in [-0.1, -0.05) is 13.3 Å². The van der Waals surface area contributed by atoms with Gasteiger partial charge in [0.1, 0.15) is 0 Å². The SMILES string of the molecule is CCn1ccnc(NCC2(C)CCC2)c1=O. The van der Waals surface area contributed by atoms with Gasteiger partial charge in [0.25, 0.3) is 5.56 Å². The normalized spacial score (nSPS) is 17.9. The minimum Gasteiger partial charge on any atom is -0.365 e. The van der Waals surface area contributed by atoms with Gasteiger partial charge in [0.05, 0.1) is 0 Å². The summed E-state index contributed by atoms with van der Waals surface area (Å²) in [5.41, 5.74) is 0.342. The lowest BCUT2D eigenvalue weighted by Gasteiger charge is -2.38. The van der Waals surface area contributed by atoms with E-state index in [0.717, 1.165) is 6.54 Å². The Kier molecular flexibility index (Phi) is 2.99. The van der Waals surface area contributed by atoms with Crippen molar-refractivity contribution in [2.45, 2.75) is 39.7 Å². The Morgan fingerprint density at radius 3 is 2.88 bits per heavy atom. The molecule has 0 atom stereocenters. The predicted molar refractivity (Wildman–Crippen MR) is 64.6 cm³/mol. The molecule has 0 bridgehead atoms. The molecule has 1 aromatic rings. The van der Waals surface area contributed by atoms with Crippen LogP contribution < -0.4 is 10.9 Å². The van der Waals surface area contributed by atoms with E-state index in [9.17, 15) is 4.79 Å². The third-order valence-corrected chi connectivity index (χ3v) is 3.50. The Morgan fingerprint density at radius 2 is 2.31 bits per heavy atom. The first-order chi connectivity index (χ1) is 7.64. The first-order valence-corrected chi connectivity index (χ1v) is 5.94.